The highest BCUT2D eigenvalue weighted by Crippen LogP contribution is 2.24. The molecule has 1 atom stereocenters. The summed E-state index contributed by atoms with van der Waals surface area (Å²) in [6, 6.07) is 0. The second-order valence-corrected chi connectivity index (χ2v) is 4.18. The average Bonchev–Trinajstić information content (AvgIpc) is 2.72. The minimum absolute atomic E-state index is 0.0610. The van der Waals surface area contributed by atoms with E-state index in [-0.39, 0.29) is 12.2 Å². The third-order valence-electron chi connectivity index (χ3n) is 2.63. The SMILES string of the molecule is CC(=O)Cc1noc(C2CCN(C)C2)n1. The molecule has 0 spiro atoms. The molecule has 82 valence electrons. The first kappa shape index (κ1) is 10.3. The number of ketones is 1. The van der Waals surface area contributed by atoms with Crippen molar-refractivity contribution in [2.45, 2.75) is 25.7 Å². The topological polar surface area (TPSA) is 59.2 Å². The summed E-state index contributed by atoms with van der Waals surface area (Å²) in [6.45, 7) is 3.55. The number of nitrogens with zero attached hydrogens (tertiary/aromatic N) is 3. The van der Waals surface area contributed by atoms with Crippen molar-refractivity contribution in [2.24, 2.45) is 0 Å². The summed E-state index contributed by atoms with van der Waals surface area (Å²) < 4.78 is 5.16. The molecule has 1 saturated heterocycles. The van der Waals surface area contributed by atoms with Gasteiger partial charge in [0.1, 0.15) is 5.78 Å². The van der Waals surface area contributed by atoms with E-state index < -0.39 is 0 Å². The minimum atomic E-state index is 0.0610. The van der Waals surface area contributed by atoms with Crippen LogP contribution in [-0.4, -0.2) is 41.0 Å². The highest BCUT2D eigenvalue weighted by molar-refractivity contribution is 5.77. The number of aromatic nitrogens is 2. The van der Waals surface area contributed by atoms with Crippen molar-refractivity contribution in [3.63, 3.8) is 0 Å². The second kappa shape index (κ2) is 4.10. The first-order chi connectivity index (χ1) is 7.15. The standard InChI is InChI=1S/C10H15N3O2/c1-7(14)5-9-11-10(15-12-9)8-3-4-13(2)6-8/h8H,3-6H2,1-2H3. The predicted molar refractivity (Wildman–Crippen MR) is 53.5 cm³/mol. The molecule has 1 unspecified atom stereocenters. The lowest BCUT2D eigenvalue weighted by Crippen LogP contribution is -2.13. The molecule has 0 amide bonds. The van der Waals surface area contributed by atoms with Crippen LogP contribution < -0.4 is 0 Å². The van der Waals surface area contributed by atoms with E-state index in [1.54, 1.807) is 0 Å². The Bertz CT molecular complexity index is 361. The fourth-order valence-corrected chi connectivity index (χ4v) is 1.86. The first-order valence-electron chi connectivity index (χ1n) is 5.15. The predicted octanol–water partition coefficient (Wildman–Crippen LogP) is 0.620. The molecule has 5 heteroatoms. The summed E-state index contributed by atoms with van der Waals surface area (Å²) >= 11 is 0. The number of likely N-dealkylation sites (tertiary alicyclic amines) is 1. The monoisotopic (exact) mass is 209 g/mol. The number of hydrogen-bond donors (Lipinski definition) is 0. The lowest BCUT2D eigenvalue weighted by atomic mass is 10.1. The molecule has 5 nitrogen and oxygen atoms in total. The Kier molecular flexibility index (Phi) is 2.81. The number of carbonyl (C=O) groups is 1. The van der Waals surface area contributed by atoms with Gasteiger partial charge in [0.2, 0.25) is 5.89 Å². The summed E-state index contributed by atoms with van der Waals surface area (Å²) in [7, 11) is 2.08. The van der Waals surface area contributed by atoms with Crippen LogP contribution in [0.5, 0.6) is 0 Å². The van der Waals surface area contributed by atoms with E-state index in [0.29, 0.717) is 17.6 Å². The maximum Gasteiger partial charge on any atom is 0.231 e. The number of rotatable bonds is 3. The highest BCUT2D eigenvalue weighted by Gasteiger charge is 2.26. The van der Waals surface area contributed by atoms with Gasteiger partial charge in [-0.05, 0) is 26.9 Å². The van der Waals surface area contributed by atoms with Crippen molar-refractivity contribution in [1.82, 2.24) is 15.0 Å². The van der Waals surface area contributed by atoms with Crippen molar-refractivity contribution in [2.75, 3.05) is 20.1 Å². The van der Waals surface area contributed by atoms with Gasteiger partial charge in [-0.2, -0.15) is 4.98 Å². The van der Waals surface area contributed by atoms with Crippen LogP contribution in [0.1, 0.15) is 31.0 Å². The van der Waals surface area contributed by atoms with Crippen LogP contribution in [-0.2, 0) is 11.2 Å². The molecule has 1 aromatic heterocycles. The van der Waals surface area contributed by atoms with Gasteiger partial charge in [0.25, 0.3) is 0 Å². The molecule has 2 rings (SSSR count). The molecule has 0 radical (unpaired) electrons. The van der Waals surface area contributed by atoms with Gasteiger partial charge in [-0.1, -0.05) is 5.16 Å². The third kappa shape index (κ3) is 2.41. The van der Waals surface area contributed by atoms with Gasteiger partial charge in [0.15, 0.2) is 5.82 Å². The van der Waals surface area contributed by atoms with Crippen molar-refractivity contribution in [1.29, 1.82) is 0 Å². The fraction of sp³-hybridized carbons (Fsp3) is 0.700. The zero-order valence-electron chi connectivity index (χ0n) is 9.06. The summed E-state index contributed by atoms with van der Waals surface area (Å²) in [5.41, 5.74) is 0. The Morgan fingerprint density at radius 2 is 2.47 bits per heavy atom. The summed E-state index contributed by atoms with van der Waals surface area (Å²) in [6.07, 6.45) is 1.32. The Hall–Kier alpha value is -1.23. The quantitative estimate of drug-likeness (QED) is 0.730. The van der Waals surface area contributed by atoms with E-state index in [1.807, 2.05) is 0 Å². The Morgan fingerprint density at radius 3 is 3.07 bits per heavy atom. The van der Waals surface area contributed by atoms with Gasteiger partial charge in [0, 0.05) is 6.54 Å². The minimum Gasteiger partial charge on any atom is -0.339 e. The average molecular weight is 209 g/mol. The molecule has 0 aromatic carbocycles. The molecule has 2 heterocycles. The normalized spacial score (nSPS) is 22.1. The van der Waals surface area contributed by atoms with E-state index in [0.717, 1.165) is 19.5 Å². The van der Waals surface area contributed by atoms with Crippen LogP contribution in [0.3, 0.4) is 0 Å². The number of likely N-dealkylation sites (N-methyl/N-ethyl adjacent to an activating group) is 1. The second-order valence-electron chi connectivity index (χ2n) is 4.18. The van der Waals surface area contributed by atoms with Gasteiger partial charge in [-0.15, -0.1) is 0 Å². The molecule has 1 aromatic rings. The van der Waals surface area contributed by atoms with Gasteiger partial charge in [0.05, 0.1) is 12.3 Å². The van der Waals surface area contributed by atoms with Crippen LogP contribution in [0.15, 0.2) is 4.52 Å². The molecule has 0 aliphatic carbocycles. The van der Waals surface area contributed by atoms with Crippen LogP contribution in [0, 0.1) is 0 Å². The van der Waals surface area contributed by atoms with Crippen LogP contribution >= 0.6 is 0 Å². The largest absolute Gasteiger partial charge is 0.339 e. The van der Waals surface area contributed by atoms with Crippen LogP contribution in [0.2, 0.25) is 0 Å². The molecule has 1 aliphatic heterocycles. The molecule has 15 heavy (non-hydrogen) atoms. The van der Waals surface area contributed by atoms with Crippen LogP contribution in [0.4, 0.5) is 0 Å². The molecule has 0 bridgehead atoms. The zero-order valence-corrected chi connectivity index (χ0v) is 9.06. The van der Waals surface area contributed by atoms with E-state index in [4.69, 9.17) is 4.52 Å². The molecule has 1 aliphatic rings. The first-order valence-corrected chi connectivity index (χ1v) is 5.15. The maximum absolute atomic E-state index is 10.9. The maximum atomic E-state index is 10.9. The van der Waals surface area contributed by atoms with Gasteiger partial charge < -0.3 is 9.42 Å². The fourth-order valence-electron chi connectivity index (χ4n) is 1.86. The Labute approximate surface area is 88.5 Å². The lowest BCUT2D eigenvalue weighted by Gasteiger charge is -2.04. The van der Waals surface area contributed by atoms with E-state index in [9.17, 15) is 4.79 Å². The number of hydrogen-bond acceptors (Lipinski definition) is 5. The van der Waals surface area contributed by atoms with Crippen LogP contribution in [0.25, 0.3) is 0 Å². The van der Waals surface area contributed by atoms with Gasteiger partial charge >= 0.3 is 0 Å². The molecular formula is C10H15N3O2. The van der Waals surface area contributed by atoms with E-state index >= 15 is 0 Å². The smallest absolute Gasteiger partial charge is 0.231 e. The van der Waals surface area contributed by atoms with Crippen molar-refractivity contribution < 1.29 is 9.32 Å². The van der Waals surface area contributed by atoms with E-state index in [1.165, 1.54) is 6.92 Å². The molecule has 1 fully saturated rings. The summed E-state index contributed by atoms with van der Waals surface area (Å²) in [5.74, 6) is 1.58. The summed E-state index contributed by atoms with van der Waals surface area (Å²) in [4.78, 5) is 17.3. The molecule has 0 N–H and O–H groups in total. The third-order valence-corrected chi connectivity index (χ3v) is 2.63. The number of carbonyl (C=O) groups excluding carboxylic acids is 1. The summed E-state index contributed by atoms with van der Waals surface area (Å²) in [5, 5.41) is 3.80. The van der Waals surface area contributed by atoms with Crippen molar-refractivity contribution >= 4 is 5.78 Å². The Balaban J connectivity index is 2.03. The van der Waals surface area contributed by atoms with E-state index in [2.05, 4.69) is 22.1 Å². The van der Waals surface area contributed by atoms with Crippen molar-refractivity contribution in [3.8, 4) is 0 Å². The number of Topliss-reactive ketones (excluding diaryl/α,β-unsaturated/α-hetero) is 1. The Morgan fingerprint density at radius 1 is 1.67 bits per heavy atom. The molecule has 0 saturated carbocycles. The van der Waals surface area contributed by atoms with Crippen molar-refractivity contribution in [3.05, 3.63) is 11.7 Å². The van der Waals surface area contributed by atoms with Gasteiger partial charge in [-0.3, -0.25) is 4.79 Å². The zero-order chi connectivity index (χ0) is 10.8. The lowest BCUT2D eigenvalue weighted by molar-refractivity contribution is -0.116. The van der Waals surface area contributed by atoms with Gasteiger partial charge in [-0.25, -0.2) is 0 Å². The highest BCUT2D eigenvalue weighted by atomic mass is 16.5. The molecular weight excluding hydrogens is 194 g/mol.